The molecule has 0 saturated carbocycles. The Labute approximate surface area is 117 Å². The molecule has 1 heterocycles. The third-order valence-corrected chi connectivity index (χ3v) is 3.07. The molecule has 2 aromatic rings. The Hall–Kier alpha value is -2.56. The predicted molar refractivity (Wildman–Crippen MR) is 79.1 cm³/mol. The summed E-state index contributed by atoms with van der Waals surface area (Å²) in [5.41, 5.74) is 9.52. The number of pyridine rings is 1. The van der Waals surface area contributed by atoms with E-state index in [0.717, 1.165) is 11.1 Å². The fraction of sp³-hybridized carbons (Fsp3) is 0.200. The molecular weight excluding hydrogens is 254 g/mol. The highest BCUT2D eigenvalue weighted by Crippen LogP contribution is 2.24. The SMILES string of the molecule is COc1ncccc1C(=O)Nc1cc(N)c(C)cc1C. The molecule has 5 nitrogen and oxygen atoms in total. The Bertz CT molecular complexity index is 654. The van der Waals surface area contributed by atoms with Crippen LogP contribution in [-0.2, 0) is 0 Å². The van der Waals surface area contributed by atoms with E-state index in [9.17, 15) is 4.79 Å². The summed E-state index contributed by atoms with van der Waals surface area (Å²) in [7, 11) is 1.48. The standard InChI is InChI=1S/C15H17N3O2/c1-9-7-10(2)13(8-12(9)16)18-14(19)11-5-4-6-17-15(11)20-3/h4-8H,16H2,1-3H3,(H,18,19). The molecule has 2 rings (SSSR count). The van der Waals surface area contributed by atoms with Crippen molar-refractivity contribution < 1.29 is 9.53 Å². The van der Waals surface area contributed by atoms with Gasteiger partial charge in [0.05, 0.1) is 7.11 Å². The zero-order valence-corrected chi connectivity index (χ0v) is 11.7. The number of aromatic nitrogens is 1. The fourth-order valence-corrected chi connectivity index (χ4v) is 1.92. The van der Waals surface area contributed by atoms with Crippen molar-refractivity contribution in [1.29, 1.82) is 0 Å². The van der Waals surface area contributed by atoms with Gasteiger partial charge < -0.3 is 15.8 Å². The Morgan fingerprint density at radius 1 is 1.30 bits per heavy atom. The molecule has 1 aromatic carbocycles. The van der Waals surface area contributed by atoms with E-state index in [0.29, 0.717) is 22.8 Å². The summed E-state index contributed by atoms with van der Waals surface area (Å²) < 4.78 is 5.08. The van der Waals surface area contributed by atoms with Gasteiger partial charge in [-0.1, -0.05) is 6.07 Å². The number of anilines is 2. The molecule has 3 N–H and O–H groups in total. The van der Waals surface area contributed by atoms with Crippen molar-refractivity contribution in [3.05, 3.63) is 47.2 Å². The van der Waals surface area contributed by atoms with E-state index in [2.05, 4.69) is 10.3 Å². The first-order chi connectivity index (χ1) is 9.52. The lowest BCUT2D eigenvalue weighted by atomic mass is 10.1. The van der Waals surface area contributed by atoms with Crippen molar-refractivity contribution in [3.63, 3.8) is 0 Å². The Balaban J connectivity index is 2.30. The first-order valence-corrected chi connectivity index (χ1v) is 6.20. The maximum absolute atomic E-state index is 12.3. The van der Waals surface area contributed by atoms with Crippen molar-refractivity contribution in [3.8, 4) is 5.88 Å². The average molecular weight is 271 g/mol. The number of nitrogens with zero attached hydrogens (tertiary/aromatic N) is 1. The van der Waals surface area contributed by atoms with Gasteiger partial charge in [0.1, 0.15) is 5.56 Å². The fourth-order valence-electron chi connectivity index (χ4n) is 1.92. The number of benzene rings is 1. The van der Waals surface area contributed by atoms with Crippen molar-refractivity contribution >= 4 is 17.3 Å². The smallest absolute Gasteiger partial charge is 0.261 e. The summed E-state index contributed by atoms with van der Waals surface area (Å²) in [6.07, 6.45) is 1.57. The predicted octanol–water partition coefficient (Wildman–Crippen LogP) is 2.54. The van der Waals surface area contributed by atoms with Crippen LogP contribution in [0.15, 0.2) is 30.5 Å². The van der Waals surface area contributed by atoms with Crippen LogP contribution in [0.3, 0.4) is 0 Å². The van der Waals surface area contributed by atoms with E-state index in [1.807, 2.05) is 19.9 Å². The molecule has 0 aliphatic carbocycles. The molecule has 0 unspecified atom stereocenters. The lowest BCUT2D eigenvalue weighted by Gasteiger charge is -2.12. The Kier molecular flexibility index (Phi) is 3.89. The molecule has 20 heavy (non-hydrogen) atoms. The maximum Gasteiger partial charge on any atom is 0.261 e. The van der Waals surface area contributed by atoms with Gasteiger partial charge in [0.2, 0.25) is 5.88 Å². The van der Waals surface area contributed by atoms with Crippen LogP contribution in [0.1, 0.15) is 21.5 Å². The summed E-state index contributed by atoms with van der Waals surface area (Å²) in [6.45, 7) is 3.85. The number of nitrogens with two attached hydrogens (primary N) is 1. The van der Waals surface area contributed by atoms with Crippen LogP contribution < -0.4 is 15.8 Å². The van der Waals surface area contributed by atoms with Gasteiger partial charge >= 0.3 is 0 Å². The van der Waals surface area contributed by atoms with Gasteiger partial charge in [0.25, 0.3) is 5.91 Å². The molecule has 0 atom stereocenters. The van der Waals surface area contributed by atoms with Gasteiger partial charge in [-0.2, -0.15) is 0 Å². The van der Waals surface area contributed by atoms with Crippen LogP contribution in [0.25, 0.3) is 0 Å². The number of carbonyl (C=O) groups excluding carboxylic acids is 1. The number of hydrogen-bond donors (Lipinski definition) is 2. The van der Waals surface area contributed by atoms with Crippen molar-refractivity contribution in [2.24, 2.45) is 0 Å². The monoisotopic (exact) mass is 271 g/mol. The summed E-state index contributed by atoms with van der Waals surface area (Å²) in [4.78, 5) is 16.3. The largest absolute Gasteiger partial charge is 0.480 e. The number of hydrogen-bond acceptors (Lipinski definition) is 4. The van der Waals surface area contributed by atoms with Crippen LogP contribution in [0.4, 0.5) is 11.4 Å². The Morgan fingerprint density at radius 2 is 2.05 bits per heavy atom. The van der Waals surface area contributed by atoms with Gasteiger partial charge in [-0.05, 0) is 43.2 Å². The number of amides is 1. The zero-order valence-electron chi connectivity index (χ0n) is 11.7. The average Bonchev–Trinajstić information content (AvgIpc) is 2.44. The summed E-state index contributed by atoms with van der Waals surface area (Å²) in [6, 6.07) is 7.04. The zero-order chi connectivity index (χ0) is 14.7. The third kappa shape index (κ3) is 2.71. The highest BCUT2D eigenvalue weighted by atomic mass is 16.5. The number of nitrogen functional groups attached to an aromatic ring is 1. The third-order valence-electron chi connectivity index (χ3n) is 3.07. The molecule has 0 spiro atoms. The molecule has 5 heteroatoms. The molecule has 1 amide bonds. The maximum atomic E-state index is 12.3. The first kappa shape index (κ1) is 13.9. The van der Waals surface area contributed by atoms with Crippen molar-refractivity contribution in [1.82, 2.24) is 4.98 Å². The molecule has 1 aromatic heterocycles. The van der Waals surface area contributed by atoms with Crippen LogP contribution in [-0.4, -0.2) is 18.0 Å². The highest BCUT2D eigenvalue weighted by molar-refractivity contribution is 6.06. The number of methoxy groups -OCH3 is 1. The van der Waals surface area contributed by atoms with E-state index in [4.69, 9.17) is 10.5 Å². The number of nitrogens with one attached hydrogen (secondary N) is 1. The molecule has 104 valence electrons. The minimum absolute atomic E-state index is 0.277. The van der Waals surface area contributed by atoms with Gasteiger partial charge in [0, 0.05) is 17.6 Å². The minimum Gasteiger partial charge on any atom is -0.480 e. The van der Waals surface area contributed by atoms with E-state index < -0.39 is 0 Å². The summed E-state index contributed by atoms with van der Waals surface area (Å²) >= 11 is 0. The lowest BCUT2D eigenvalue weighted by molar-refractivity contribution is 0.102. The number of rotatable bonds is 3. The molecule has 0 saturated heterocycles. The second-order valence-electron chi connectivity index (χ2n) is 4.54. The minimum atomic E-state index is -0.277. The van der Waals surface area contributed by atoms with Crippen molar-refractivity contribution in [2.45, 2.75) is 13.8 Å². The van der Waals surface area contributed by atoms with Crippen LogP contribution in [0.5, 0.6) is 5.88 Å². The van der Waals surface area contributed by atoms with E-state index in [1.165, 1.54) is 7.11 Å². The van der Waals surface area contributed by atoms with E-state index >= 15 is 0 Å². The first-order valence-electron chi connectivity index (χ1n) is 6.20. The molecule has 0 radical (unpaired) electrons. The second-order valence-corrected chi connectivity index (χ2v) is 4.54. The summed E-state index contributed by atoms with van der Waals surface area (Å²) in [5, 5.41) is 2.83. The Morgan fingerprint density at radius 3 is 2.75 bits per heavy atom. The summed E-state index contributed by atoms with van der Waals surface area (Å²) in [5.74, 6) is 0.0176. The molecular formula is C15H17N3O2. The van der Waals surface area contributed by atoms with Gasteiger partial charge in [-0.15, -0.1) is 0 Å². The number of aryl methyl sites for hydroxylation is 2. The number of carbonyl (C=O) groups is 1. The topological polar surface area (TPSA) is 77.2 Å². The van der Waals surface area contributed by atoms with Crippen LogP contribution in [0, 0.1) is 13.8 Å². The van der Waals surface area contributed by atoms with Crippen LogP contribution >= 0.6 is 0 Å². The van der Waals surface area contributed by atoms with E-state index in [-0.39, 0.29) is 5.91 Å². The van der Waals surface area contributed by atoms with Crippen molar-refractivity contribution in [2.75, 3.05) is 18.2 Å². The quantitative estimate of drug-likeness (QED) is 0.841. The van der Waals surface area contributed by atoms with Gasteiger partial charge in [0.15, 0.2) is 0 Å². The molecule has 0 aliphatic heterocycles. The van der Waals surface area contributed by atoms with E-state index in [1.54, 1.807) is 24.4 Å². The number of ether oxygens (including phenoxy) is 1. The van der Waals surface area contributed by atoms with Gasteiger partial charge in [-0.25, -0.2) is 4.98 Å². The van der Waals surface area contributed by atoms with Crippen LogP contribution in [0.2, 0.25) is 0 Å². The molecule has 0 bridgehead atoms. The normalized spacial score (nSPS) is 10.2. The second kappa shape index (κ2) is 5.61. The lowest BCUT2D eigenvalue weighted by Crippen LogP contribution is -2.15. The molecule has 0 fully saturated rings. The van der Waals surface area contributed by atoms with Gasteiger partial charge in [-0.3, -0.25) is 4.79 Å². The molecule has 0 aliphatic rings. The highest BCUT2D eigenvalue weighted by Gasteiger charge is 2.14.